The molecule has 1 aromatic carbocycles. The first-order chi connectivity index (χ1) is 8.22. The van der Waals surface area contributed by atoms with Crippen molar-refractivity contribution in [3.05, 3.63) is 48.0 Å². The van der Waals surface area contributed by atoms with Gasteiger partial charge in [-0.05, 0) is 25.0 Å². The van der Waals surface area contributed by atoms with Gasteiger partial charge in [0.15, 0.2) is 0 Å². The molecule has 0 spiro atoms. The molecule has 0 fully saturated rings. The van der Waals surface area contributed by atoms with Crippen molar-refractivity contribution in [3.63, 3.8) is 0 Å². The van der Waals surface area contributed by atoms with Crippen LogP contribution in [-0.2, 0) is 13.5 Å². The van der Waals surface area contributed by atoms with Gasteiger partial charge >= 0.3 is 0 Å². The number of nitrogens with one attached hydrogen (secondary N) is 1. The summed E-state index contributed by atoms with van der Waals surface area (Å²) in [7, 11) is 2.02. The number of hydrogen-bond acceptors (Lipinski definition) is 2. The molecule has 0 saturated carbocycles. The summed E-state index contributed by atoms with van der Waals surface area (Å²) in [5, 5.41) is 3.52. The fourth-order valence-corrected chi connectivity index (χ4v) is 2.06. The molecule has 1 atom stereocenters. The molecule has 3 heteroatoms. The first-order valence-electron chi connectivity index (χ1n) is 6.04. The van der Waals surface area contributed by atoms with E-state index in [9.17, 15) is 0 Å². The minimum Gasteiger partial charge on any atom is -0.375 e. The lowest BCUT2D eigenvalue weighted by molar-refractivity contribution is 0.720. The Morgan fingerprint density at radius 1 is 1.35 bits per heavy atom. The molecule has 2 aromatic rings. The van der Waals surface area contributed by atoms with Gasteiger partial charge in [0.25, 0.3) is 0 Å². The van der Waals surface area contributed by atoms with E-state index in [1.807, 2.05) is 24.0 Å². The van der Waals surface area contributed by atoms with E-state index in [1.165, 1.54) is 11.3 Å². The van der Waals surface area contributed by atoms with Crippen molar-refractivity contribution in [1.29, 1.82) is 0 Å². The first-order valence-corrected chi connectivity index (χ1v) is 6.04. The highest BCUT2D eigenvalue weighted by atomic mass is 15.1. The minimum absolute atomic E-state index is 0.211. The molecule has 3 nitrogen and oxygen atoms in total. The maximum Gasteiger partial charge on any atom is 0.130 e. The van der Waals surface area contributed by atoms with Gasteiger partial charge < -0.3 is 9.88 Å². The van der Waals surface area contributed by atoms with Crippen LogP contribution in [0.3, 0.4) is 0 Å². The predicted octanol–water partition coefficient (Wildman–Crippen LogP) is 3.16. The highest BCUT2D eigenvalue weighted by Crippen LogP contribution is 2.21. The quantitative estimate of drug-likeness (QED) is 0.872. The number of imidazole rings is 1. The number of aromatic nitrogens is 2. The van der Waals surface area contributed by atoms with E-state index in [1.54, 1.807) is 0 Å². The van der Waals surface area contributed by atoms with Gasteiger partial charge in [0.05, 0.1) is 6.04 Å². The Balaban J connectivity index is 2.18. The third-order valence-electron chi connectivity index (χ3n) is 3.02. The highest BCUT2D eigenvalue weighted by Gasteiger charge is 2.10. The molecule has 90 valence electrons. The van der Waals surface area contributed by atoms with Gasteiger partial charge in [-0.25, -0.2) is 4.98 Å². The number of hydrogen-bond donors (Lipinski definition) is 1. The Bertz CT molecular complexity index is 488. The Hall–Kier alpha value is -1.77. The van der Waals surface area contributed by atoms with Crippen LogP contribution in [0, 0.1) is 0 Å². The monoisotopic (exact) mass is 229 g/mol. The van der Waals surface area contributed by atoms with Gasteiger partial charge in [0.2, 0.25) is 0 Å². The Kier molecular flexibility index (Phi) is 3.47. The van der Waals surface area contributed by atoms with Crippen LogP contribution in [-0.4, -0.2) is 9.55 Å². The molecule has 0 radical (unpaired) electrons. The Labute approximate surface area is 103 Å². The molecular weight excluding hydrogens is 210 g/mol. The van der Waals surface area contributed by atoms with Crippen molar-refractivity contribution in [1.82, 2.24) is 9.55 Å². The molecule has 0 aliphatic heterocycles. The maximum atomic E-state index is 4.37. The average Bonchev–Trinajstić information content (AvgIpc) is 2.76. The number of rotatable bonds is 4. The molecule has 0 amide bonds. The smallest absolute Gasteiger partial charge is 0.130 e. The van der Waals surface area contributed by atoms with E-state index >= 15 is 0 Å². The zero-order valence-corrected chi connectivity index (χ0v) is 10.6. The van der Waals surface area contributed by atoms with Gasteiger partial charge in [0.1, 0.15) is 5.82 Å². The molecule has 0 bridgehead atoms. The molecule has 1 heterocycles. The van der Waals surface area contributed by atoms with Crippen LogP contribution in [0.2, 0.25) is 0 Å². The third kappa shape index (κ3) is 2.49. The second-order valence-corrected chi connectivity index (χ2v) is 4.27. The predicted molar refractivity (Wildman–Crippen MR) is 71.1 cm³/mol. The van der Waals surface area contributed by atoms with Crippen molar-refractivity contribution in [2.45, 2.75) is 26.3 Å². The summed E-state index contributed by atoms with van der Waals surface area (Å²) in [6.45, 7) is 4.31. The van der Waals surface area contributed by atoms with E-state index in [0.29, 0.717) is 0 Å². The maximum absolute atomic E-state index is 4.37. The van der Waals surface area contributed by atoms with Crippen LogP contribution in [0.5, 0.6) is 0 Å². The first kappa shape index (κ1) is 11.7. The lowest BCUT2D eigenvalue weighted by Crippen LogP contribution is -2.12. The summed E-state index contributed by atoms with van der Waals surface area (Å²) in [5.41, 5.74) is 2.54. The van der Waals surface area contributed by atoms with Crippen molar-refractivity contribution < 1.29 is 0 Å². The summed E-state index contributed by atoms with van der Waals surface area (Å²) in [6, 6.07) is 8.64. The zero-order chi connectivity index (χ0) is 12.3. The number of aryl methyl sites for hydroxylation is 2. The fraction of sp³-hybridized carbons (Fsp3) is 0.357. The second-order valence-electron chi connectivity index (χ2n) is 4.27. The summed E-state index contributed by atoms with van der Waals surface area (Å²) < 4.78 is 2.05. The molecule has 17 heavy (non-hydrogen) atoms. The van der Waals surface area contributed by atoms with Crippen molar-refractivity contribution in [3.8, 4) is 0 Å². The summed E-state index contributed by atoms with van der Waals surface area (Å²) in [6.07, 6.45) is 4.84. The van der Waals surface area contributed by atoms with Gasteiger partial charge in [0, 0.05) is 25.1 Å². The number of anilines is 1. The molecule has 0 aliphatic rings. The van der Waals surface area contributed by atoms with Crippen LogP contribution in [0.15, 0.2) is 36.7 Å². The number of nitrogens with zero attached hydrogens (tertiary/aromatic N) is 2. The molecule has 1 unspecified atom stereocenters. The lowest BCUT2D eigenvalue weighted by atomic mass is 10.1. The van der Waals surface area contributed by atoms with Crippen molar-refractivity contribution in [2.24, 2.45) is 7.05 Å². The second kappa shape index (κ2) is 5.04. The van der Waals surface area contributed by atoms with E-state index < -0.39 is 0 Å². The van der Waals surface area contributed by atoms with Crippen LogP contribution < -0.4 is 5.32 Å². The van der Waals surface area contributed by atoms with Crippen molar-refractivity contribution in [2.75, 3.05) is 5.32 Å². The molecular formula is C14H19N3. The topological polar surface area (TPSA) is 29.9 Å². The van der Waals surface area contributed by atoms with Gasteiger partial charge in [-0.2, -0.15) is 0 Å². The SMILES string of the molecule is CCc1ccccc1NC(C)c1nccn1C. The van der Waals surface area contributed by atoms with Crippen LogP contribution in [0.1, 0.15) is 31.3 Å². The van der Waals surface area contributed by atoms with Gasteiger partial charge in [-0.3, -0.25) is 0 Å². The molecule has 0 saturated heterocycles. The summed E-state index contributed by atoms with van der Waals surface area (Å²) in [5.74, 6) is 1.05. The van der Waals surface area contributed by atoms with Gasteiger partial charge in [-0.15, -0.1) is 0 Å². The van der Waals surface area contributed by atoms with Gasteiger partial charge in [-0.1, -0.05) is 25.1 Å². The van der Waals surface area contributed by atoms with Crippen LogP contribution in [0.4, 0.5) is 5.69 Å². The van der Waals surface area contributed by atoms with E-state index in [4.69, 9.17) is 0 Å². The number of benzene rings is 1. The van der Waals surface area contributed by atoms with Crippen LogP contribution >= 0.6 is 0 Å². The lowest BCUT2D eigenvalue weighted by Gasteiger charge is -2.17. The van der Waals surface area contributed by atoms with Crippen molar-refractivity contribution >= 4 is 5.69 Å². The van der Waals surface area contributed by atoms with E-state index in [2.05, 4.69) is 48.4 Å². The normalized spacial score (nSPS) is 12.4. The van der Waals surface area contributed by atoms with E-state index in [-0.39, 0.29) is 6.04 Å². The third-order valence-corrected chi connectivity index (χ3v) is 3.02. The molecule has 1 N–H and O–H groups in total. The average molecular weight is 229 g/mol. The van der Waals surface area contributed by atoms with E-state index in [0.717, 1.165) is 12.2 Å². The molecule has 2 rings (SSSR count). The highest BCUT2D eigenvalue weighted by molar-refractivity contribution is 5.52. The summed E-state index contributed by atoms with van der Waals surface area (Å²) in [4.78, 5) is 4.37. The Morgan fingerprint density at radius 2 is 2.12 bits per heavy atom. The standard InChI is InChI=1S/C14H19N3/c1-4-12-7-5-6-8-13(12)16-11(2)14-15-9-10-17(14)3/h5-11,16H,4H2,1-3H3. The van der Waals surface area contributed by atoms with Crippen LogP contribution in [0.25, 0.3) is 0 Å². The summed E-state index contributed by atoms with van der Waals surface area (Å²) >= 11 is 0. The Morgan fingerprint density at radius 3 is 2.76 bits per heavy atom. The molecule has 0 aliphatic carbocycles. The fourth-order valence-electron chi connectivity index (χ4n) is 2.06. The minimum atomic E-state index is 0.211. The largest absolute Gasteiger partial charge is 0.375 e. The number of para-hydroxylation sites is 1. The zero-order valence-electron chi connectivity index (χ0n) is 10.6. The molecule has 1 aromatic heterocycles.